The molecule has 0 aromatic heterocycles. The molecular formula is C12H19NO2S. The molecule has 1 aromatic carbocycles. The Kier molecular flexibility index (Phi) is 3.76. The van der Waals surface area contributed by atoms with Crippen LogP contribution in [0, 0.1) is 0 Å². The fraction of sp³-hybridized carbons (Fsp3) is 0.500. The van der Waals surface area contributed by atoms with Gasteiger partial charge in [0.2, 0.25) is 0 Å². The van der Waals surface area contributed by atoms with Crippen LogP contribution in [0.4, 0.5) is 0 Å². The highest BCUT2D eigenvalue weighted by atomic mass is 32.2. The summed E-state index contributed by atoms with van der Waals surface area (Å²) in [5.74, 6) is 0. The highest BCUT2D eigenvalue weighted by Crippen LogP contribution is 2.15. The standard InChI is InChI=1S/C12H19NO2S/c1-12(2,13)8-7-10-5-4-6-11(9-10)16(3,14)15/h4-6,9H,7-8,13H2,1-3H3. The van der Waals surface area contributed by atoms with Gasteiger partial charge in [-0.2, -0.15) is 0 Å². The summed E-state index contributed by atoms with van der Waals surface area (Å²) in [5, 5.41) is 0. The first-order valence-corrected chi connectivity index (χ1v) is 7.15. The number of hydrogen-bond donors (Lipinski definition) is 1. The summed E-state index contributed by atoms with van der Waals surface area (Å²) in [6, 6.07) is 7.04. The van der Waals surface area contributed by atoms with Crippen LogP contribution in [0.25, 0.3) is 0 Å². The van der Waals surface area contributed by atoms with E-state index in [1.54, 1.807) is 18.2 Å². The van der Waals surface area contributed by atoms with E-state index in [1.807, 2.05) is 19.9 Å². The van der Waals surface area contributed by atoms with Gasteiger partial charge in [-0.1, -0.05) is 12.1 Å². The third kappa shape index (κ3) is 4.33. The van der Waals surface area contributed by atoms with Crippen molar-refractivity contribution in [1.29, 1.82) is 0 Å². The maximum absolute atomic E-state index is 11.4. The molecule has 3 nitrogen and oxygen atoms in total. The van der Waals surface area contributed by atoms with Crippen LogP contribution in [0.2, 0.25) is 0 Å². The van der Waals surface area contributed by atoms with Gasteiger partial charge in [-0.05, 0) is 44.4 Å². The van der Waals surface area contributed by atoms with E-state index in [-0.39, 0.29) is 5.54 Å². The predicted octanol–water partition coefficient (Wildman–Crippen LogP) is 1.76. The Morgan fingerprint density at radius 1 is 1.31 bits per heavy atom. The van der Waals surface area contributed by atoms with E-state index in [9.17, 15) is 8.42 Å². The zero-order valence-corrected chi connectivity index (χ0v) is 10.8. The minimum absolute atomic E-state index is 0.221. The molecule has 1 aromatic rings. The molecule has 0 saturated carbocycles. The van der Waals surface area contributed by atoms with Crippen molar-refractivity contribution >= 4 is 9.84 Å². The van der Waals surface area contributed by atoms with Crippen molar-refractivity contribution in [3.8, 4) is 0 Å². The largest absolute Gasteiger partial charge is 0.326 e. The topological polar surface area (TPSA) is 60.2 Å². The fourth-order valence-electron chi connectivity index (χ4n) is 1.40. The van der Waals surface area contributed by atoms with Crippen LogP contribution < -0.4 is 5.73 Å². The van der Waals surface area contributed by atoms with Crippen LogP contribution in [-0.4, -0.2) is 20.2 Å². The van der Waals surface area contributed by atoms with E-state index in [0.717, 1.165) is 18.4 Å². The molecule has 4 heteroatoms. The first-order chi connectivity index (χ1) is 7.18. The molecule has 0 saturated heterocycles. The average Bonchev–Trinajstić information content (AvgIpc) is 2.13. The van der Waals surface area contributed by atoms with E-state index in [0.29, 0.717) is 4.90 Å². The molecule has 0 unspecified atom stereocenters. The van der Waals surface area contributed by atoms with Crippen molar-refractivity contribution < 1.29 is 8.42 Å². The van der Waals surface area contributed by atoms with Crippen molar-refractivity contribution in [3.05, 3.63) is 29.8 Å². The van der Waals surface area contributed by atoms with Crippen LogP contribution in [0.5, 0.6) is 0 Å². The number of nitrogens with two attached hydrogens (primary N) is 1. The molecule has 0 aliphatic heterocycles. The second-order valence-corrected chi connectivity index (χ2v) is 6.92. The molecule has 0 amide bonds. The maximum Gasteiger partial charge on any atom is 0.175 e. The van der Waals surface area contributed by atoms with Gasteiger partial charge in [-0.15, -0.1) is 0 Å². The smallest absolute Gasteiger partial charge is 0.175 e. The van der Waals surface area contributed by atoms with Crippen LogP contribution in [0.1, 0.15) is 25.8 Å². The van der Waals surface area contributed by atoms with E-state index in [1.165, 1.54) is 6.26 Å². The van der Waals surface area contributed by atoms with Gasteiger partial charge in [-0.3, -0.25) is 0 Å². The van der Waals surface area contributed by atoms with Crippen molar-refractivity contribution in [3.63, 3.8) is 0 Å². The zero-order chi connectivity index (χ0) is 12.4. The molecule has 2 N–H and O–H groups in total. The zero-order valence-electron chi connectivity index (χ0n) is 10.0. The third-order valence-electron chi connectivity index (χ3n) is 2.38. The van der Waals surface area contributed by atoms with Crippen LogP contribution in [0.3, 0.4) is 0 Å². The fourth-order valence-corrected chi connectivity index (χ4v) is 2.09. The maximum atomic E-state index is 11.4. The Bertz CT molecular complexity index is 458. The van der Waals surface area contributed by atoms with Gasteiger partial charge in [0.25, 0.3) is 0 Å². The highest BCUT2D eigenvalue weighted by Gasteiger charge is 2.12. The quantitative estimate of drug-likeness (QED) is 0.873. The summed E-state index contributed by atoms with van der Waals surface area (Å²) >= 11 is 0. The number of rotatable bonds is 4. The number of hydrogen-bond acceptors (Lipinski definition) is 3. The number of benzene rings is 1. The Balaban J connectivity index is 2.84. The molecule has 0 fully saturated rings. The van der Waals surface area contributed by atoms with Crippen LogP contribution >= 0.6 is 0 Å². The average molecular weight is 241 g/mol. The molecule has 0 bridgehead atoms. The molecule has 0 radical (unpaired) electrons. The molecule has 0 aliphatic carbocycles. The second-order valence-electron chi connectivity index (χ2n) is 4.91. The summed E-state index contributed by atoms with van der Waals surface area (Å²) in [4.78, 5) is 0.375. The first-order valence-electron chi connectivity index (χ1n) is 5.26. The highest BCUT2D eigenvalue weighted by molar-refractivity contribution is 7.90. The summed E-state index contributed by atoms with van der Waals surface area (Å²) < 4.78 is 22.7. The van der Waals surface area contributed by atoms with Crippen molar-refractivity contribution in [2.75, 3.05) is 6.26 Å². The summed E-state index contributed by atoms with van der Waals surface area (Å²) in [6.07, 6.45) is 2.85. The minimum Gasteiger partial charge on any atom is -0.326 e. The van der Waals surface area contributed by atoms with Gasteiger partial charge < -0.3 is 5.73 Å². The van der Waals surface area contributed by atoms with Gasteiger partial charge >= 0.3 is 0 Å². The Morgan fingerprint density at radius 3 is 2.44 bits per heavy atom. The van der Waals surface area contributed by atoms with Gasteiger partial charge in [0, 0.05) is 11.8 Å². The summed E-state index contributed by atoms with van der Waals surface area (Å²) in [7, 11) is -3.11. The van der Waals surface area contributed by atoms with Crippen LogP contribution in [0.15, 0.2) is 29.2 Å². The normalized spacial score (nSPS) is 12.8. The molecule has 1 rings (SSSR count). The molecule has 0 heterocycles. The minimum atomic E-state index is -3.11. The van der Waals surface area contributed by atoms with E-state index < -0.39 is 9.84 Å². The van der Waals surface area contributed by atoms with Gasteiger partial charge in [-0.25, -0.2) is 8.42 Å². The van der Waals surface area contributed by atoms with E-state index >= 15 is 0 Å². The number of sulfone groups is 1. The second kappa shape index (κ2) is 4.55. The molecule has 0 atom stereocenters. The van der Waals surface area contributed by atoms with Crippen LogP contribution in [-0.2, 0) is 16.3 Å². The van der Waals surface area contributed by atoms with Crippen molar-refractivity contribution in [2.24, 2.45) is 5.73 Å². The Labute approximate surface area is 97.6 Å². The van der Waals surface area contributed by atoms with E-state index in [2.05, 4.69) is 0 Å². The van der Waals surface area contributed by atoms with Gasteiger partial charge in [0.05, 0.1) is 4.90 Å². The monoisotopic (exact) mass is 241 g/mol. The lowest BCUT2D eigenvalue weighted by Gasteiger charge is -2.18. The molecule has 0 spiro atoms. The predicted molar refractivity (Wildman–Crippen MR) is 66.1 cm³/mol. The SMILES string of the molecule is CC(C)(N)CCc1cccc(S(C)(=O)=O)c1. The van der Waals surface area contributed by atoms with E-state index in [4.69, 9.17) is 5.73 Å². The van der Waals surface area contributed by atoms with Crippen molar-refractivity contribution in [1.82, 2.24) is 0 Å². The Morgan fingerprint density at radius 2 is 1.94 bits per heavy atom. The lowest BCUT2D eigenvalue weighted by molar-refractivity contribution is 0.476. The molecule has 90 valence electrons. The summed E-state index contributed by atoms with van der Waals surface area (Å²) in [5.41, 5.74) is 6.68. The molecular weight excluding hydrogens is 222 g/mol. The lowest BCUT2D eigenvalue weighted by atomic mass is 9.97. The van der Waals surface area contributed by atoms with Gasteiger partial charge in [0.15, 0.2) is 9.84 Å². The number of aryl methyl sites for hydroxylation is 1. The van der Waals surface area contributed by atoms with Crippen molar-refractivity contribution in [2.45, 2.75) is 37.1 Å². The van der Waals surface area contributed by atoms with Gasteiger partial charge in [0.1, 0.15) is 0 Å². The Hall–Kier alpha value is -0.870. The lowest BCUT2D eigenvalue weighted by Crippen LogP contribution is -2.32. The molecule has 0 aliphatic rings. The third-order valence-corrected chi connectivity index (χ3v) is 3.49. The first kappa shape index (κ1) is 13.2. The summed E-state index contributed by atoms with van der Waals surface area (Å²) in [6.45, 7) is 3.93. The molecule has 16 heavy (non-hydrogen) atoms.